The van der Waals surface area contributed by atoms with Crippen molar-refractivity contribution >= 4 is 17.4 Å². The molecule has 1 aromatic carbocycles. The molecule has 2 rings (SSSR count). The maximum atomic E-state index is 13.9. The average molecular weight is 280 g/mol. The van der Waals surface area contributed by atoms with Gasteiger partial charge < -0.3 is 5.32 Å². The number of halogens is 2. The molecule has 19 heavy (non-hydrogen) atoms. The molecule has 0 radical (unpaired) electrons. The largest absolute Gasteiger partial charge is 0.363 e. The Morgan fingerprint density at radius 2 is 1.84 bits per heavy atom. The summed E-state index contributed by atoms with van der Waals surface area (Å²) in [6, 6.07) is 7.84. The van der Waals surface area contributed by atoms with Crippen LogP contribution in [0.4, 0.5) is 10.2 Å². The number of hydrogen-bond donors (Lipinski definition) is 1. The third-order valence-corrected chi connectivity index (χ3v) is 3.14. The molecule has 0 fully saturated rings. The van der Waals surface area contributed by atoms with E-state index in [0.717, 1.165) is 11.1 Å². The van der Waals surface area contributed by atoms with Gasteiger partial charge in [0.15, 0.2) is 11.6 Å². The first-order valence-corrected chi connectivity index (χ1v) is 6.65. The van der Waals surface area contributed by atoms with Gasteiger partial charge in [-0.05, 0) is 17.5 Å². The third kappa shape index (κ3) is 3.41. The van der Waals surface area contributed by atoms with E-state index < -0.39 is 0 Å². The molecule has 0 aliphatic rings. The molecule has 2 aromatic rings. The van der Waals surface area contributed by atoms with Crippen LogP contribution in [0.25, 0.3) is 0 Å². The van der Waals surface area contributed by atoms with Crippen molar-refractivity contribution < 1.29 is 4.39 Å². The van der Waals surface area contributed by atoms with Gasteiger partial charge in [-0.2, -0.15) is 0 Å². The minimum Gasteiger partial charge on any atom is -0.363 e. The van der Waals surface area contributed by atoms with Crippen LogP contribution in [0.2, 0.25) is 0 Å². The van der Waals surface area contributed by atoms with E-state index in [1.807, 2.05) is 31.2 Å². The fraction of sp³-hybridized carbons (Fsp3) is 0.286. The zero-order chi connectivity index (χ0) is 13.7. The number of alkyl halides is 1. The summed E-state index contributed by atoms with van der Waals surface area (Å²) in [4.78, 5) is 7.81. The molecule has 0 atom stereocenters. The van der Waals surface area contributed by atoms with Gasteiger partial charge in [-0.25, -0.2) is 14.4 Å². The lowest BCUT2D eigenvalue weighted by atomic mass is 10.1. The first kappa shape index (κ1) is 13.7. The fourth-order valence-electron chi connectivity index (χ4n) is 1.71. The van der Waals surface area contributed by atoms with Crippen molar-refractivity contribution in [2.24, 2.45) is 0 Å². The third-order valence-electron chi connectivity index (χ3n) is 2.83. The maximum Gasteiger partial charge on any atom is 0.186 e. The summed E-state index contributed by atoms with van der Waals surface area (Å²) in [5, 5.41) is 2.98. The molecular formula is C14H15ClFN3. The van der Waals surface area contributed by atoms with Gasteiger partial charge in [-0.1, -0.05) is 31.2 Å². The number of anilines is 1. The second-order valence-corrected chi connectivity index (χ2v) is 4.41. The Bertz CT molecular complexity index is 543. The molecule has 3 nitrogen and oxygen atoms in total. The Hall–Kier alpha value is -1.68. The predicted molar refractivity (Wildman–Crippen MR) is 74.7 cm³/mol. The number of benzene rings is 1. The van der Waals surface area contributed by atoms with Gasteiger partial charge in [-0.15, -0.1) is 11.6 Å². The highest BCUT2D eigenvalue weighted by Gasteiger charge is 2.08. The summed E-state index contributed by atoms with van der Waals surface area (Å²) in [5.41, 5.74) is 2.53. The minimum atomic E-state index is -0.373. The van der Waals surface area contributed by atoms with Gasteiger partial charge in [0.1, 0.15) is 6.33 Å². The van der Waals surface area contributed by atoms with Crippen molar-refractivity contribution in [3.8, 4) is 0 Å². The molecular weight excluding hydrogens is 265 g/mol. The summed E-state index contributed by atoms with van der Waals surface area (Å²) in [6.45, 7) is 2.37. The fourth-order valence-corrected chi connectivity index (χ4v) is 1.89. The second kappa shape index (κ2) is 6.48. The van der Waals surface area contributed by atoms with Crippen LogP contribution >= 0.6 is 11.6 Å². The first-order chi connectivity index (χ1) is 9.24. The van der Waals surface area contributed by atoms with Crippen LogP contribution in [-0.4, -0.2) is 9.97 Å². The monoisotopic (exact) mass is 279 g/mol. The zero-order valence-electron chi connectivity index (χ0n) is 10.7. The summed E-state index contributed by atoms with van der Waals surface area (Å²) >= 11 is 5.72. The lowest BCUT2D eigenvalue weighted by Crippen LogP contribution is -2.06. The van der Waals surface area contributed by atoms with Gasteiger partial charge >= 0.3 is 0 Å². The summed E-state index contributed by atoms with van der Waals surface area (Å²) in [5.74, 6) is 0.365. The van der Waals surface area contributed by atoms with Crippen molar-refractivity contribution in [2.45, 2.75) is 25.8 Å². The Kier molecular flexibility index (Phi) is 4.68. The highest BCUT2D eigenvalue weighted by atomic mass is 35.5. The minimum absolute atomic E-state index is 0.244. The van der Waals surface area contributed by atoms with Crippen molar-refractivity contribution in [1.82, 2.24) is 9.97 Å². The van der Waals surface area contributed by atoms with Gasteiger partial charge in [0.2, 0.25) is 0 Å². The number of hydrogen-bond acceptors (Lipinski definition) is 3. The van der Waals surface area contributed by atoms with E-state index in [1.54, 1.807) is 0 Å². The molecule has 0 saturated carbocycles. The van der Waals surface area contributed by atoms with Crippen molar-refractivity contribution in [3.05, 3.63) is 53.2 Å². The molecule has 0 unspecified atom stereocenters. The number of rotatable bonds is 5. The molecule has 0 spiro atoms. The van der Waals surface area contributed by atoms with Crippen LogP contribution in [-0.2, 0) is 18.8 Å². The lowest BCUT2D eigenvalue weighted by molar-refractivity contribution is 0.596. The topological polar surface area (TPSA) is 37.8 Å². The van der Waals surface area contributed by atoms with Gasteiger partial charge in [-0.3, -0.25) is 0 Å². The van der Waals surface area contributed by atoms with Crippen LogP contribution in [0.5, 0.6) is 0 Å². The molecule has 0 bridgehead atoms. The summed E-state index contributed by atoms with van der Waals surface area (Å²) in [6.07, 6.45) is 1.92. The van der Waals surface area contributed by atoms with Crippen LogP contribution in [0.3, 0.4) is 0 Å². The lowest BCUT2D eigenvalue weighted by Gasteiger charge is -2.08. The quantitative estimate of drug-likeness (QED) is 0.851. The second-order valence-electron chi connectivity index (χ2n) is 4.14. The van der Waals surface area contributed by atoms with E-state index >= 15 is 0 Å². The number of aryl methyl sites for hydroxylation is 1. The molecule has 5 heteroatoms. The zero-order valence-corrected chi connectivity index (χ0v) is 11.4. The normalized spacial score (nSPS) is 10.5. The van der Waals surface area contributed by atoms with Crippen LogP contribution in [0.1, 0.15) is 23.7 Å². The Labute approximate surface area is 116 Å². The summed E-state index contributed by atoms with van der Waals surface area (Å²) < 4.78 is 13.9. The molecule has 1 heterocycles. The van der Waals surface area contributed by atoms with E-state index in [9.17, 15) is 4.39 Å². The smallest absolute Gasteiger partial charge is 0.186 e. The van der Waals surface area contributed by atoms with Gasteiger partial charge in [0.05, 0.1) is 5.69 Å². The highest BCUT2D eigenvalue weighted by molar-refractivity contribution is 6.17. The standard InChI is InChI=1S/C14H15ClFN3/c1-2-12-13(16)14(19-9-18-12)17-8-11-5-3-10(7-15)4-6-11/h3-6,9H,2,7-8H2,1H3,(H,17,18,19). The van der Waals surface area contributed by atoms with Crippen LogP contribution in [0.15, 0.2) is 30.6 Å². The Morgan fingerprint density at radius 1 is 1.16 bits per heavy atom. The Balaban J connectivity index is 2.05. The van der Waals surface area contributed by atoms with E-state index in [-0.39, 0.29) is 11.6 Å². The average Bonchev–Trinajstić information content (AvgIpc) is 2.47. The molecule has 0 aliphatic carbocycles. The van der Waals surface area contributed by atoms with Crippen LogP contribution in [0, 0.1) is 5.82 Å². The number of nitrogens with one attached hydrogen (secondary N) is 1. The number of nitrogens with zero attached hydrogens (tertiary/aromatic N) is 2. The molecule has 1 N–H and O–H groups in total. The van der Waals surface area contributed by atoms with E-state index in [1.165, 1.54) is 6.33 Å². The molecule has 0 amide bonds. The summed E-state index contributed by atoms with van der Waals surface area (Å²) in [7, 11) is 0. The van der Waals surface area contributed by atoms with Gasteiger partial charge in [0, 0.05) is 12.4 Å². The van der Waals surface area contributed by atoms with Crippen LogP contribution < -0.4 is 5.32 Å². The van der Waals surface area contributed by atoms with Crippen molar-refractivity contribution in [2.75, 3.05) is 5.32 Å². The van der Waals surface area contributed by atoms with E-state index in [4.69, 9.17) is 11.6 Å². The Morgan fingerprint density at radius 3 is 2.47 bits per heavy atom. The van der Waals surface area contributed by atoms with Crippen molar-refractivity contribution in [1.29, 1.82) is 0 Å². The van der Waals surface area contributed by atoms with E-state index in [2.05, 4.69) is 15.3 Å². The van der Waals surface area contributed by atoms with Gasteiger partial charge in [0.25, 0.3) is 0 Å². The predicted octanol–water partition coefficient (Wildman–Crippen LogP) is 3.53. The highest BCUT2D eigenvalue weighted by Crippen LogP contribution is 2.15. The first-order valence-electron chi connectivity index (χ1n) is 6.11. The molecule has 0 aliphatic heterocycles. The van der Waals surface area contributed by atoms with Crippen molar-refractivity contribution in [3.63, 3.8) is 0 Å². The molecule has 100 valence electrons. The maximum absolute atomic E-state index is 13.9. The number of aromatic nitrogens is 2. The van der Waals surface area contributed by atoms with E-state index in [0.29, 0.717) is 24.5 Å². The molecule has 1 aromatic heterocycles. The SMILES string of the molecule is CCc1ncnc(NCc2ccc(CCl)cc2)c1F. The molecule has 0 saturated heterocycles.